The van der Waals surface area contributed by atoms with Gasteiger partial charge in [0.15, 0.2) is 5.96 Å². The van der Waals surface area contributed by atoms with Crippen molar-refractivity contribution >= 4 is 36.0 Å². The third kappa shape index (κ3) is 7.00. The Kier molecular flexibility index (Phi) is 8.55. The highest BCUT2D eigenvalue weighted by Crippen LogP contribution is 2.15. The SMILES string of the molecule is CC(C)(C)OC(=O)N1CCN(C(N)=NCCC2CCCO2)CC1.I. The van der Waals surface area contributed by atoms with Crippen LogP contribution in [0.5, 0.6) is 0 Å². The highest BCUT2D eigenvalue weighted by atomic mass is 127. The number of hydrogen-bond donors (Lipinski definition) is 1. The first-order valence-electron chi connectivity index (χ1n) is 8.49. The first-order chi connectivity index (χ1) is 10.8. The Hall–Kier alpha value is -0.770. The lowest BCUT2D eigenvalue weighted by molar-refractivity contribution is 0.0186. The van der Waals surface area contributed by atoms with Crippen LogP contribution in [0.1, 0.15) is 40.0 Å². The van der Waals surface area contributed by atoms with Crippen molar-refractivity contribution in [3.8, 4) is 0 Å². The number of piperazine rings is 1. The second-order valence-electron chi connectivity index (χ2n) is 7.12. The minimum atomic E-state index is -0.461. The van der Waals surface area contributed by atoms with Crippen molar-refractivity contribution in [3.05, 3.63) is 0 Å². The van der Waals surface area contributed by atoms with Gasteiger partial charge in [0, 0.05) is 39.3 Å². The molecule has 2 N–H and O–H groups in total. The van der Waals surface area contributed by atoms with Crippen LogP contribution in [0.3, 0.4) is 0 Å². The Morgan fingerprint density at radius 3 is 2.42 bits per heavy atom. The van der Waals surface area contributed by atoms with Gasteiger partial charge < -0.3 is 25.0 Å². The normalized spacial score (nSPS) is 22.3. The predicted octanol–water partition coefficient (Wildman–Crippen LogP) is 2.04. The molecule has 2 saturated heterocycles. The number of carbonyl (C=O) groups excluding carboxylic acids is 1. The van der Waals surface area contributed by atoms with E-state index in [2.05, 4.69) is 4.99 Å². The summed E-state index contributed by atoms with van der Waals surface area (Å²) in [6, 6.07) is 0. The summed E-state index contributed by atoms with van der Waals surface area (Å²) in [5, 5.41) is 0. The Morgan fingerprint density at radius 1 is 1.25 bits per heavy atom. The van der Waals surface area contributed by atoms with E-state index in [4.69, 9.17) is 15.2 Å². The fraction of sp³-hybridized carbons (Fsp3) is 0.875. The maximum atomic E-state index is 12.0. The first kappa shape index (κ1) is 21.3. The van der Waals surface area contributed by atoms with Gasteiger partial charge >= 0.3 is 6.09 Å². The van der Waals surface area contributed by atoms with Crippen LogP contribution in [0, 0.1) is 0 Å². The lowest BCUT2D eigenvalue weighted by Crippen LogP contribution is -2.53. The lowest BCUT2D eigenvalue weighted by atomic mass is 10.2. The van der Waals surface area contributed by atoms with Crippen LogP contribution < -0.4 is 5.73 Å². The molecule has 2 rings (SSSR count). The van der Waals surface area contributed by atoms with Crippen molar-refractivity contribution in [1.82, 2.24) is 9.80 Å². The fourth-order valence-corrected chi connectivity index (χ4v) is 2.74. The number of aliphatic imine (C=N–C) groups is 1. The van der Waals surface area contributed by atoms with Crippen LogP contribution in [0.15, 0.2) is 4.99 Å². The fourth-order valence-electron chi connectivity index (χ4n) is 2.74. The molecule has 2 fully saturated rings. The zero-order valence-corrected chi connectivity index (χ0v) is 17.3. The van der Waals surface area contributed by atoms with E-state index in [0.29, 0.717) is 44.8 Å². The van der Waals surface area contributed by atoms with Crippen LogP contribution in [0.25, 0.3) is 0 Å². The Balaban J connectivity index is 0.00000288. The summed E-state index contributed by atoms with van der Waals surface area (Å²) < 4.78 is 11.0. The summed E-state index contributed by atoms with van der Waals surface area (Å²) in [5.41, 5.74) is 5.60. The van der Waals surface area contributed by atoms with E-state index in [9.17, 15) is 4.79 Å². The molecule has 1 atom stereocenters. The summed E-state index contributed by atoms with van der Waals surface area (Å²) in [6.45, 7) is 9.79. The minimum Gasteiger partial charge on any atom is -0.444 e. The quantitative estimate of drug-likeness (QED) is 0.401. The molecule has 140 valence electrons. The van der Waals surface area contributed by atoms with Crippen LogP contribution in [0.2, 0.25) is 0 Å². The maximum Gasteiger partial charge on any atom is 0.410 e. The summed E-state index contributed by atoms with van der Waals surface area (Å²) in [5.74, 6) is 0.562. The van der Waals surface area contributed by atoms with Crippen molar-refractivity contribution in [2.75, 3.05) is 39.3 Å². The number of rotatable bonds is 3. The summed E-state index contributed by atoms with van der Waals surface area (Å²) >= 11 is 0. The molecule has 0 aromatic heterocycles. The van der Waals surface area contributed by atoms with Crippen molar-refractivity contribution < 1.29 is 14.3 Å². The predicted molar refractivity (Wildman–Crippen MR) is 105 cm³/mol. The Morgan fingerprint density at radius 2 is 1.88 bits per heavy atom. The molecule has 8 heteroatoms. The van der Waals surface area contributed by atoms with Gasteiger partial charge in [-0.1, -0.05) is 0 Å². The molecule has 2 aliphatic rings. The summed E-state index contributed by atoms with van der Waals surface area (Å²) in [6.07, 6.45) is 3.29. The number of amides is 1. The van der Waals surface area contributed by atoms with E-state index in [1.165, 1.54) is 0 Å². The first-order valence-corrected chi connectivity index (χ1v) is 8.49. The molecule has 0 aromatic carbocycles. The van der Waals surface area contributed by atoms with Gasteiger partial charge in [-0.05, 0) is 40.0 Å². The van der Waals surface area contributed by atoms with Crippen molar-refractivity contribution in [2.45, 2.75) is 51.7 Å². The average molecular weight is 454 g/mol. The standard InChI is InChI=1S/C16H30N4O3.HI/c1-16(2,3)23-15(21)20-10-8-19(9-11-20)14(17)18-7-6-13-5-4-12-22-13;/h13H,4-12H2,1-3H3,(H2,17,18);1H. The Labute approximate surface area is 161 Å². The van der Waals surface area contributed by atoms with Crippen LogP contribution >= 0.6 is 24.0 Å². The van der Waals surface area contributed by atoms with Gasteiger partial charge in [-0.25, -0.2) is 4.79 Å². The number of halogens is 1. The molecule has 1 amide bonds. The topological polar surface area (TPSA) is 80.4 Å². The van der Waals surface area contributed by atoms with Crippen molar-refractivity contribution in [3.63, 3.8) is 0 Å². The third-order valence-corrected chi connectivity index (χ3v) is 4.00. The second-order valence-corrected chi connectivity index (χ2v) is 7.12. The molecule has 0 aliphatic carbocycles. The molecule has 2 aliphatic heterocycles. The zero-order chi connectivity index (χ0) is 16.9. The number of carbonyl (C=O) groups is 1. The van der Waals surface area contributed by atoms with Crippen molar-refractivity contribution in [2.24, 2.45) is 10.7 Å². The summed E-state index contributed by atoms with van der Waals surface area (Å²) in [4.78, 5) is 20.2. The maximum absolute atomic E-state index is 12.0. The molecule has 0 saturated carbocycles. The molecule has 0 aromatic rings. The van der Waals surface area contributed by atoms with Gasteiger partial charge in [-0.2, -0.15) is 0 Å². The molecular formula is C16H31IN4O3. The number of nitrogens with two attached hydrogens (primary N) is 1. The van der Waals surface area contributed by atoms with Gasteiger partial charge in [-0.3, -0.25) is 4.99 Å². The molecule has 24 heavy (non-hydrogen) atoms. The number of nitrogens with zero attached hydrogens (tertiary/aromatic N) is 3. The molecular weight excluding hydrogens is 423 g/mol. The van der Waals surface area contributed by atoms with E-state index < -0.39 is 5.60 Å². The van der Waals surface area contributed by atoms with Gasteiger partial charge in [0.25, 0.3) is 0 Å². The van der Waals surface area contributed by atoms with E-state index in [1.54, 1.807) is 4.90 Å². The van der Waals surface area contributed by atoms with Gasteiger partial charge in [0.1, 0.15) is 5.60 Å². The molecule has 7 nitrogen and oxygen atoms in total. The van der Waals surface area contributed by atoms with Gasteiger partial charge in [0.2, 0.25) is 0 Å². The molecule has 0 bridgehead atoms. The molecule has 0 radical (unpaired) electrons. The van der Waals surface area contributed by atoms with Crippen molar-refractivity contribution in [1.29, 1.82) is 0 Å². The third-order valence-electron chi connectivity index (χ3n) is 4.00. The monoisotopic (exact) mass is 454 g/mol. The van der Waals surface area contributed by atoms with E-state index >= 15 is 0 Å². The largest absolute Gasteiger partial charge is 0.444 e. The Bertz CT molecular complexity index is 426. The van der Waals surface area contributed by atoms with Gasteiger partial charge in [-0.15, -0.1) is 24.0 Å². The van der Waals surface area contributed by atoms with E-state index in [0.717, 1.165) is 25.9 Å². The number of ether oxygens (including phenoxy) is 2. The summed E-state index contributed by atoms with van der Waals surface area (Å²) in [7, 11) is 0. The van der Waals surface area contributed by atoms with E-state index in [1.807, 2.05) is 25.7 Å². The van der Waals surface area contributed by atoms with Gasteiger partial charge in [0.05, 0.1) is 6.10 Å². The lowest BCUT2D eigenvalue weighted by Gasteiger charge is -2.36. The van der Waals surface area contributed by atoms with Crippen LogP contribution in [0.4, 0.5) is 4.79 Å². The van der Waals surface area contributed by atoms with E-state index in [-0.39, 0.29) is 30.1 Å². The highest BCUT2D eigenvalue weighted by molar-refractivity contribution is 14.0. The highest BCUT2D eigenvalue weighted by Gasteiger charge is 2.26. The molecule has 0 spiro atoms. The number of guanidine groups is 1. The smallest absolute Gasteiger partial charge is 0.410 e. The second kappa shape index (κ2) is 9.65. The van der Waals surface area contributed by atoms with Crippen LogP contribution in [-0.2, 0) is 9.47 Å². The van der Waals surface area contributed by atoms with Crippen LogP contribution in [-0.4, -0.2) is 72.9 Å². The zero-order valence-electron chi connectivity index (χ0n) is 15.0. The average Bonchev–Trinajstić information content (AvgIpc) is 2.99. The minimum absolute atomic E-state index is 0. The molecule has 1 unspecified atom stereocenters. The molecule has 2 heterocycles. The number of hydrogen-bond acceptors (Lipinski definition) is 4.